The van der Waals surface area contributed by atoms with Crippen LogP contribution in [0.1, 0.15) is 30.2 Å². The van der Waals surface area contributed by atoms with Crippen molar-refractivity contribution in [2.45, 2.75) is 32.7 Å². The van der Waals surface area contributed by atoms with Gasteiger partial charge in [0.15, 0.2) is 0 Å². The summed E-state index contributed by atoms with van der Waals surface area (Å²) < 4.78 is 28.7. The number of hydrogen-bond donors (Lipinski definition) is 2. The van der Waals surface area contributed by atoms with E-state index in [2.05, 4.69) is 32.4 Å². The van der Waals surface area contributed by atoms with Crippen LogP contribution in [-0.2, 0) is 6.42 Å². The van der Waals surface area contributed by atoms with Gasteiger partial charge in [0.1, 0.15) is 11.5 Å². The standard InChI is InChI=1S/C22H25F2N7O/c1-13-10-29(8-6-25-13)18-3-5-26-20-16(18)4-7-31(20)22(32)28-15-9-17(19(23)24)21-27-14(2)11-30(21)12-15/h3,5,9,11-13,19,25H,4,6-8,10H2,1-2H3,(H,28,32). The minimum Gasteiger partial charge on any atom is -0.368 e. The lowest BCUT2D eigenvalue weighted by molar-refractivity contribution is 0.152. The van der Waals surface area contributed by atoms with Gasteiger partial charge in [-0.05, 0) is 32.4 Å². The highest BCUT2D eigenvalue weighted by atomic mass is 19.3. The van der Waals surface area contributed by atoms with Gasteiger partial charge >= 0.3 is 6.03 Å². The molecule has 0 saturated carbocycles. The molecule has 0 bridgehead atoms. The van der Waals surface area contributed by atoms with Crippen molar-refractivity contribution < 1.29 is 13.6 Å². The third kappa shape index (κ3) is 3.64. The van der Waals surface area contributed by atoms with E-state index in [-0.39, 0.29) is 16.9 Å². The van der Waals surface area contributed by atoms with Gasteiger partial charge in [-0.1, -0.05) is 0 Å². The van der Waals surface area contributed by atoms with E-state index in [0.717, 1.165) is 30.9 Å². The molecule has 1 fully saturated rings. The monoisotopic (exact) mass is 441 g/mol. The number of nitrogens with one attached hydrogen (secondary N) is 2. The molecule has 3 aromatic heterocycles. The van der Waals surface area contributed by atoms with Crippen LogP contribution in [-0.4, -0.2) is 52.6 Å². The predicted molar refractivity (Wildman–Crippen MR) is 119 cm³/mol. The molecule has 2 aliphatic rings. The van der Waals surface area contributed by atoms with Crippen LogP contribution in [0.3, 0.4) is 0 Å². The first-order valence-corrected chi connectivity index (χ1v) is 10.7. The van der Waals surface area contributed by atoms with Crippen molar-refractivity contribution in [2.24, 2.45) is 0 Å². The number of urea groups is 1. The number of piperazine rings is 1. The molecule has 0 aromatic carbocycles. The van der Waals surface area contributed by atoms with Gasteiger partial charge < -0.3 is 19.9 Å². The van der Waals surface area contributed by atoms with Gasteiger partial charge in [-0.2, -0.15) is 0 Å². The SMILES string of the molecule is Cc1cn2cc(NC(=O)N3CCc4c(N5CCNC(C)C5)ccnc43)cc(C(F)F)c2n1. The van der Waals surface area contributed by atoms with Crippen LogP contribution in [0.25, 0.3) is 5.65 Å². The number of halogens is 2. The Hall–Kier alpha value is -3.27. The van der Waals surface area contributed by atoms with E-state index in [0.29, 0.717) is 30.5 Å². The summed E-state index contributed by atoms with van der Waals surface area (Å²) in [5.41, 5.74) is 3.04. The van der Waals surface area contributed by atoms with Gasteiger partial charge in [-0.15, -0.1) is 0 Å². The second-order valence-electron chi connectivity index (χ2n) is 8.36. The van der Waals surface area contributed by atoms with Gasteiger partial charge in [0.25, 0.3) is 6.43 Å². The number of alkyl halides is 2. The summed E-state index contributed by atoms with van der Waals surface area (Å²) in [7, 11) is 0. The van der Waals surface area contributed by atoms with Crippen LogP contribution in [0.4, 0.5) is 30.8 Å². The minimum atomic E-state index is -2.70. The zero-order valence-corrected chi connectivity index (χ0v) is 18.0. The summed E-state index contributed by atoms with van der Waals surface area (Å²) in [4.78, 5) is 25.6. The summed E-state index contributed by atoms with van der Waals surface area (Å²) in [6.45, 7) is 7.08. The summed E-state index contributed by atoms with van der Waals surface area (Å²) in [6, 6.07) is 3.29. The van der Waals surface area contributed by atoms with Crippen LogP contribution in [0.2, 0.25) is 0 Å². The molecule has 168 valence electrons. The van der Waals surface area contributed by atoms with E-state index >= 15 is 0 Å². The molecule has 1 saturated heterocycles. The van der Waals surface area contributed by atoms with Crippen molar-refractivity contribution in [2.75, 3.05) is 41.3 Å². The number of nitrogens with zero attached hydrogens (tertiary/aromatic N) is 5. The Morgan fingerprint density at radius 2 is 2.16 bits per heavy atom. The van der Waals surface area contributed by atoms with E-state index in [1.165, 1.54) is 10.5 Å². The molecule has 8 nitrogen and oxygen atoms in total. The van der Waals surface area contributed by atoms with Crippen molar-refractivity contribution in [3.8, 4) is 0 Å². The van der Waals surface area contributed by atoms with Crippen molar-refractivity contribution in [1.29, 1.82) is 0 Å². The summed E-state index contributed by atoms with van der Waals surface area (Å²) in [6.07, 6.45) is 2.98. The van der Waals surface area contributed by atoms with E-state index in [9.17, 15) is 13.6 Å². The number of amides is 2. The van der Waals surface area contributed by atoms with Gasteiger partial charge in [0, 0.05) is 62.1 Å². The zero-order chi connectivity index (χ0) is 22.4. The predicted octanol–water partition coefficient (Wildman–Crippen LogP) is 3.37. The molecule has 2 aliphatic heterocycles. The lowest BCUT2D eigenvalue weighted by Crippen LogP contribution is -2.49. The molecule has 5 heterocycles. The molecular formula is C22H25F2N7O. The summed E-state index contributed by atoms with van der Waals surface area (Å²) >= 11 is 0. The molecule has 10 heteroatoms. The average molecular weight is 441 g/mol. The Labute approximate surface area is 184 Å². The first-order valence-electron chi connectivity index (χ1n) is 10.7. The number of carbonyl (C=O) groups is 1. The fourth-order valence-corrected chi connectivity index (χ4v) is 4.59. The number of rotatable bonds is 3. The van der Waals surface area contributed by atoms with E-state index in [1.807, 2.05) is 6.07 Å². The number of imidazole rings is 1. The molecule has 0 radical (unpaired) electrons. The van der Waals surface area contributed by atoms with Crippen molar-refractivity contribution in [3.05, 3.63) is 47.5 Å². The number of fused-ring (bicyclic) bond motifs is 2. The number of hydrogen-bond acceptors (Lipinski definition) is 5. The van der Waals surface area contributed by atoms with E-state index in [4.69, 9.17) is 0 Å². The molecule has 2 N–H and O–H groups in total. The van der Waals surface area contributed by atoms with Crippen LogP contribution < -0.4 is 20.4 Å². The zero-order valence-electron chi connectivity index (χ0n) is 18.0. The Morgan fingerprint density at radius 3 is 2.94 bits per heavy atom. The second-order valence-corrected chi connectivity index (χ2v) is 8.36. The normalized spacial score (nSPS) is 18.5. The van der Waals surface area contributed by atoms with Crippen molar-refractivity contribution in [3.63, 3.8) is 0 Å². The topological polar surface area (TPSA) is 77.8 Å². The fraction of sp³-hybridized carbons (Fsp3) is 0.409. The van der Waals surface area contributed by atoms with Gasteiger partial charge in [0.2, 0.25) is 0 Å². The Bertz CT molecular complexity index is 1180. The van der Waals surface area contributed by atoms with Crippen molar-refractivity contribution >= 4 is 28.9 Å². The number of pyridine rings is 2. The second kappa shape index (κ2) is 8.01. The first kappa shape index (κ1) is 20.6. The van der Waals surface area contributed by atoms with Crippen LogP contribution in [0, 0.1) is 6.92 Å². The number of anilines is 3. The largest absolute Gasteiger partial charge is 0.368 e. The molecule has 1 unspecified atom stereocenters. The molecular weight excluding hydrogens is 416 g/mol. The number of aryl methyl sites for hydroxylation is 1. The maximum atomic E-state index is 13.6. The lowest BCUT2D eigenvalue weighted by Gasteiger charge is -2.34. The smallest absolute Gasteiger partial charge is 0.327 e. The van der Waals surface area contributed by atoms with E-state index < -0.39 is 12.5 Å². The third-order valence-corrected chi connectivity index (χ3v) is 5.99. The van der Waals surface area contributed by atoms with Gasteiger partial charge in [-0.25, -0.2) is 23.5 Å². The minimum absolute atomic E-state index is 0.193. The average Bonchev–Trinajstić information content (AvgIpc) is 3.35. The molecule has 1 atom stereocenters. The molecule has 3 aromatic rings. The lowest BCUT2D eigenvalue weighted by atomic mass is 10.1. The fourth-order valence-electron chi connectivity index (χ4n) is 4.59. The Balaban J connectivity index is 1.41. The highest BCUT2D eigenvalue weighted by molar-refractivity contribution is 6.03. The third-order valence-electron chi connectivity index (χ3n) is 5.99. The number of carbonyl (C=O) groups excluding carboxylic acids is 1. The van der Waals surface area contributed by atoms with Crippen LogP contribution in [0.15, 0.2) is 30.7 Å². The highest BCUT2D eigenvalue weighted by Gasteiger charge is 2.31. The van der Waals surface area contributed by atoms with Crippen LogP contribution in [0.5, 0.6) is 0 Å². The van der Waals surface area contributed by atoms with Gasteiger partial charge in [0.05, 0.1) is 16.9 Å². The Kier molecular flexibility index (Phi) is 5.16. The molecule has 5 rings (SSSR count). The van der Waals surface area contributed by atoms with Crippen molar-refractivity contribution in [1.82, 2.24) is 19.7 Å². The quantitative estimate of drug-likeness (QED) is 0.652. The van der Waals surface area contributed by atoms with E-state index in [1.54, 1.807) is 30.4 Å². The summed E-state index contributed by atoms with van der Waals surface area (Å²) in [5, 5.41) is 6.21. The van der Waals surface area contributed by atoms with Crippen LogP contribution >= 0.6 is 0 Å². The Morgan fingerprint density at radius 1 is 1.31 bits per heavy atom. The molecule has 0 aliphatic carbocycles. The molecule has 32 heavy (non-hydrogen) atoms. The maximum Gasteiger partial charge on any atom is 0.327 e. The first-order chi connectivity index (χ1) is 15.4. The summed E-state index contributed by atoms with van der Waals surface area (Å²) in [5.74, 6) is 0.625. The maximum absolute atomic E-state index is 13.6. The molecule has 0 spiro atoms. The molecule has 2 amide bonds. The van der Waals surface area contributed by atoms with Gasteiger partial charge in [-0.3, -0.25) is 4.90 Å². The highest BCUT2D eigenvalue weighted by Crippen LogP contribution is 2.35. The number of aromatic nitrogens is 3.